The Labute approximate surface area is 355 Å². The Morgan fingerprint density at radius 2 is 0.702 bits per heavy atom. The van der Waals surface area contributed by atoms with Gasteiger partial charge >= 0.3 is 5.97 Å². The monoisotopic (exact) mass is 805 g/mol. The molecule has 0 bridgehead atoms. The zero-order chi connectivity index (χ0) is 41.9. The lowest BCUT2D eigenvalue weighted by Crippen LogP contribution is -2.46. The van der Waals surface area contributed by atoms with E-state index in [0.717, 1.165) is 70.6 Å². The van der Waals surface area contributed by atoms with Crippen molar-refractivity contribution in [1.29, 1.82) is 0 Å². The van der Waals surface area contributed by atoms with Gasteiger partial charge < -0.3 is 15.8 Å². The molecule has 57 heavy (non-hydrogen) atoms. The summed E-state index contributed by atoms with van der Waals surface area (Å²) in [6.45, 7) is 9.05. The number of nitrogens with two attached hydrogens (primary N) is 1. The maximum absolute atomic E-state index is 14.1. The summed E-state index contributed by atoms with van der Waals surface area (Å²) in [4.78, 5) is 39.2. The topological polar surface area (TPSA) is 98.5 Å². The van der Waals surface area contributed by atoms with Gasteiger partial charge in [0, 0.05) is 12.8 Å². The Morgan fingerprint density at radius 1 is 0.421 bits per heavy atom. The van der Waals surface area contributed by atoms with Crippen LogP contribution in [0.25, 0.3) is 0 Å². The van der Waals surface area contributed by atoms with Crippen LogP contribution in [0.15, 0.2) is 0 Å². The van der Waals surface area contributed by atoms with Crippen LogP contribution >= 0.6 is 0 Å². The van der Waals surface area contributed by atoms with Crippen LogP contribution in [0, 0.1) is 0 Å². The zero-order valence-electron chi connectivity index (χ0n) is 39.0. The number of carbonyl (C=O) groups is 3. The van der Waals surface area contributed by atoms with Crippen molar-refractivity contribution >= 4 is 17.8 Å². The van der Waals surface area contributed by atoms with E-state index < -0.39 is 17.6 Å². The average Bonchev–Trinajstić information content (AvgIpc) is 3.19. The summed E-state index contributed by atoms with van der Waals surface area (Å²) < 4.78 is 6.69. The van der Waals surface area contributed by atoms with E-state index in [1.807, 2.05) is 0 Å². The fourth-order valence-electron chi connectivity index (χ4n) is 8.48. The van der Waals surface area contributed by atoms with Gasteiger partial charge in [-0.15, -0.1) is 0 Å². The van der Waals surface area contributed by atoms with Gasteiger partial charge in [-0.05, 0) is 51.4 Å². The molecule has 3 N–H and O–H groups in total. The second kappa shape index (κ2) is 42.5. The van der Waals surface area contributed by atoms with Crippen molar-refractivity contribution in [2.45, 2.75) is 309 Å². The molecule has 338 valence electrons. The van der Waals surface area contributed by atoms with Crippen molar-refractivity contribution < 1.29 is 19.1 Å². The maximum atomic E-state index is 14.1. The number of rotatable bonds is 46. The van der Waals surface area contributed by atoms with Gasteiger partial charge in [0.15, 0.2) is 0 Å². The quantitative estimate of drug-likeness (QED) is 0.0473. The first-order valence-corrected chi connectivity index (χ1v) is 25.6. The van der Waals surface area contributed by atoms with Crippen molar-refractivity contribution in [3.05, 3.63) is 0 Å². The van der Waals surface area contributed by atoms with E-state index in [1.54, 1.807) is 0 Å². The molecule has 0 aliphatic heterocycles. The Hall–Kier alpha value is -1.59. The summed E-state index contributed by atoms with van der Waals surface area (Å²) in [5.41, 5.74) is 5.05. The number of primary amides is 1. The number of esters is 1. The third-order valence-corrected chi connectivity index (χ3v) is 12.3. The molecule has 0 heterocycles. The molecule has 2 amide bonds. The molecule has 0 fully saturated rings. The van der Waals surface area contributed by atoms with Gasteiger partial charge in [0.2, 0.25) is 11.8 Å². The molecule has 0 saturated carbocycles. The van der Waals surface area contributed by atoms with E-state index in [1.165, 1.54) is 180 Å². The second-order valence-corrected chi connectivity index (χ2v) is 18.0. The smallest absolute Gasteiger partial charge is 0.329 e. The molecule has 0 aromatic heterocycles. The minimum atomic E-state index is -0.835. The minimum absolute atomic E-state index is 0.0547. The lowest BCUT2D eigenvalue weighted by molar-refractivity contribution is -0.167. The van der Waals surface area contributed by atoms with Crippen molar-refractivity contribution in [3.8, 4) is 0 Å². The molecular weight excluding hydrogens is 705 g/mol. The number of amides is 2. The normalized spacial score (nSPS) is 12.2. The number of carbonyl (C=O) groups excluding carboxylic acids is 3. The van der Waals surface area contributed by atoms with Crippen LogP contribution in [-0.2, 0) is 19.1 Å². The van der Waals surface area contributed by atoms with Crippen LogP contribution in [0.4, 0.5) is 0 Å². The molecule has 0 saturated heterocycles. The van der Waals surface area contributed by atoms with E-state index in [-0.39, 0.29) is 24.7 Å². The summed E-state index contributed by atoms with van der Waals surface area (Å²) in [7, 11) is 0. The number of unbranched alkanes of at least 4 members (excludes halogenated alkanes) is 32. The molecule has 6 nitrogen and oxygen atoms in total. The third kappa shape index (κ3) is 37.2. The van der Waals surface area contributed by atoms with Crippen LogP contribution in [0.1, 0.15) is 297 Å². The van der Waals surface area contributed by atoms with Gasteiger partial charge in [-0.2, -0.15) is 0 Å². The average molecular weight is 805 g/mol. The summed E-state index contributed by atoms with van der Waals surface area (Å²) in [5.74, 6) is -0.939. The molecule has 1 atom stereocenters. The summed E-state index contributed by atoms with van der Waals surface area (Å²) >= 11 is 0. The minimum Gasteiger partial charge on any atom is -0.458 e. The van der Waals surface area contributed by atoms with Crippen molar-refractivity contribution in [2.75, 3.05) is 0 Å². The first kappa shape index (κ1) is 55.4. The van der Waals surface area contributed by atoms with Crippen LogP contribution in [0.2, 0.25) is 0 Å². The predicted octanol–water partition coefficient (Wildman–Crippen LogP) is 15.7. The number of ether oxygens (including phenoxy) is 1. The van der Waals surface area contributed by atoms with Gasteiger partial charge in [0.05, 0.1) is 0 Å². The highest BCUT2D eigenvalue weighted by molar-refractivity contribution is 5.85. The van der Waals surface area contributed by atoms with Crippen molar-refractivity contribution in [2.24, 2.45) is 5.73 Å². The van der Waals surface area contributed by atoms with E-state index in [4.69, 9.17) is 10.5 Å². The standard InChI is InChI=1S/C51H100N2O4/c1-5-9-13-17-21-23-24-25-26-27-28-29-31-33-37-41-49(55)53-47(42-43-48(52)54)50(56)57-51(44-38-34-19-15-11-7-3,45-39-35-20-16-12-8-4)46-40-36-32-30-22-18-14-10-6-2/h47H,5-46H2,1-4H3,(H2,52,54)(H,53,55)/t47-/m0/s1. The molecule has 0 unspecified atom stereocenters. The van der Waals surface area contributed by atoms with E-state index in [9.17, 15) is 14.4 Å². The van der Waals surface area contributed by atoms with Gasteiger partial charge in [-0.1, -0.05) is 233 Å². The lowest BCUT2D eigenvalue weighted by Gasteiger charge is -2.36. The van der Waals surface area contributed by atoms with Gasteiger partial charge in [0.25, 0.3) is 0 Å². The van der Waals surface area contributed by atoms with Gasteiger partial charge in [-0.25, -0.2) is 4.79 Å². The van der Waals surface area contributed by atoms with Gasteiger partial charge in [-0.3, -0.25) is 9.59 Å². The van der Waals surface area contributed by atoms with E-state index in [2.05, 4.69) is 33.0 Å². The molecular formula is C51H100N2O4. The van der Waals surface area contributed by atoms with E-state index in [0.29, 0.717) is 6.42 Å². The van der Waals surface area contributed by atoms with Crippen molar-refractivity contribution in [3.63, 3.8) is 0 Å². The largest absolute Gasteiger partial charge is 0.458 e. The Morgan fingerprint density at radius 3 is 1.00 bits per heavy atom. The second-order valence-electron chi connectivity index (χ2n) is 18.0. The molecule has 0 aliphatic rings. The highest BCUT2D eigenvalue weighted by atomic mass is 16.6. The van der Waals surface area contributed by atoms with Crippen molar-refractivity contribution in [1.82, 2.24) is 5.32 Å². The fraction of sp³-hybridized carbons (Fsp3) is 0.941. The Bertz CT molecular complexity index is 876. The van der Waals surface area contributed by atoms with Crippen LogP contribution in [0.5, 0.6) is 0 Å². The van der Waals surface area contributed by atoms with Crippen LogP contribution in [0.3, 0.4) is 0 Å². The van der Waals surface area contributed by atoms with Crippen LogP contribution < -0.4 is 11.1 Å². The summed E-state index contributed by atoms with van der Waals surface area (Å²) in [6.07, 6.45) is 48.3. The Kier molecular flexibility index (Phi) is 41.3. The van der Waals surface area contributed by atoms with Crippen LogP contribution in [-0.4, -0.2) is 29.4 Å². The fourth-order valence-corrected chi connectivity index (χ4v) is 8.48. The number of hydrogen-bond acceptors (Lipinski definition) is 4. The lowest BCUT2D eigenvalue weighted by atomic mass is 9.84. The highest BCUT2D eigenvalue weighted by Crippen LogP contribution is 2.34. The van der Waals surface area contributed by atoms with E-state index >= 15 is 0 Å². The number of nitrogens with one attached hydrogen (secondary N) is 1. The summed E-state index contributed by atoms with van der Waals surface area (Å²) in [6, 6.07) is -0.835. The maximum Gasteiger partial charge on any atom is 0.329 e. The highest BCUT2D eigenvalue weighted by Gasteiger charge is 2.36. The summed E-state index contributed by atoms with van der Waals surface area (Å²) in [5, 5.41) is 3.01. The molecule has 0 radical (unpaired) electrons. The molecule has 6 heteroatoms. The first-order chi connectivity index (χ1) is 27.8. The molecule has 0 rings (SSSR count). The molecule has 0 spiro atoms. The zero-order valence-corrected chi connectivity index (χ0v) is 39.0. The first-order valence-electron chi connectivity index (χ1n) is 25.6. The van der Waals surface area contributed by atoms with Gasteiger partial charge in [0.1, 0.15) is 11.6 Å². The SMILES string of the molecule is CCCCCCCCCCCCCCCCCC(=O)N[C@@H](CCC(N)=O)C(=O)OC(CCCCCCCC)(CCCCCCCC)CCCCCCCCCCC. The molecule has 0 aliphatic carbocycles. The molecule has 0 aromatic rings. The Balaban J connectivity index is 5.27. The predicted molar refractivity (Wildman–Crippen MR) is 247 cm³/mol. The number of hydrogen-bond donors (Lipinski definition) is 2. The molecule has 0 aromatic carbocycles. The third-order valence-electron chi connectivity index (χ3n) is 12.3.